The van der Waals surface area contributed by atoms with Crippen molar-refractivity contribution in [1.82, 2.24) is 19.7 Å². The predicted molar refractivity (Wildman–Crippen MR) is 86.4 cm³/mol. The number of aromatic nitrogens is 4. The molecule has 0 aliphatic heterocycles. The van der Waals surface area contributed by atoms with Crippen molar-refractivity contribution >= 4 is 11.8 Å². The molecular weight excluding hydrogens is 332 g/mol. The van der Waals surface area contributed by atoms with E-state index in [2.05, 4.69) is 20.4 Å². The summed E-state index contributed by atoms with van der Waals surface area (Å²) in [5, 5.41) is 16.6. The number of nitrogens with zero attached hydrogens (tertiary/aromatic N) is 4. The van der Waals surface area contributed by atoms with Gasteiger partial charge in [-0.1, -0.05) is 0 Å². The number of carboxylic acids is 1. The molecule has 0 unspecified atom stereocenters. The van der Waals surface area contributed by atoms with Gasteiger partial charge in [-0.15, -0.1) is 0 Å². The first kappa shape index (κ1) is 17.2. The maximum Gasteiger partial charge on any atom is 0.354 e. The lowest BCUT2D eigenvalue weighted by atomic mass is 9.92. The van der Waals surface area contributed by atoms with Crippen molar-refractivity contribution < 1.29 is 18.7 Å². The molecule has 2 aromatic rings. The van der Waals surface area contributed by atoms with E-state index in [4.69, 9.17) is 0 Å². The van der Waals surface area contributed by atoms with Crippen LogP contribution in [-0.2, 0) is 0 Å². The highest BCUT2D eigenvalue weighted by molar-refractivity contribution is 5.86. The molecule has 0 saturated heterocycles. The molecule has 1 aliphatic carbocycles. The molecule has 1 aliphatic rings. The van der Waals surface area contributed by atoms with Gasteiger partial charge in [-0.3, -0.25) is 0 Å². The lowest BCUT2D eigenvalue weighted by Crippen LogP contribution is -2.32. The van der Waals surface area contributed by atoms with E-state index in [-0.39, 0.29) is 30.5 Å². The van der Waals surface area contributed by atoms with Gasteiger partial charge in [0.15, 0.2) is 5.69 Å². The summed E-state index contributed by atoms with van der Waals surface area (Å²) in [5.41, 5.74) is 1.34. The second kappa shape index (κ2) is 6.38. The molecular formula is C16H19F2N5O2. The van der Waals surface area contributed by atoms with Gasteiger partial charge < -0.3 is 10.4 Å². The van der Waals surface area contributed by atoms with E-state index in [1.165, 1.54) is 10.7 Å². The van der Waals surface area contributed by atoms with Gasteiger partial charge in [-0.2, -0.15) is 10.1 Å². The molecule has 9 heteroatoms. The van der Waals surface area contributed by atoms with Crippen LogP contribution < -0.4 is 5.32 Å². The van der Waals surface area contributed by atoms with Crippen molar-refractivity contribution in [3.05, 3.63) is 29.2 Å². The van der Waals surface area contributed by atoms with Crippen LogP contribution in [0, 0.1) is 13.8 Å². The minimum Gasteiger partial charge on any atom is -0.477 e. The van der Waals surface area contributed by atoms with Crippen LogP contribution in [0.2, 0.25) is 0 Å². The highest BCUT2D eigenvalue weighted by Gasteiger charge is 2.35. The average molecular weight is 351 g/mol. The van der Waals surface area contributed by atoms with Gasteiger partial charge in [0.25, 0.3) is 5.95 Å². The number of alkyl halides is 2. The summed E-state index contributed by atoms with van der Waals surface area (Å²) in [6.45, 7) is 3.62. The van der Waals surface area contributed by atoms with Gasteiger partial charge in [-0.05, 0) is 32.8 Å². The van der Waals surface area contributed by atoms with Crippen LogP contribution >= 0.6 is 0 Å². The van der Waals surface area contributed by atoms with E-state index >= 15 is 0 Å². The van der Waals surface area contributed by atoms with Crippen LogP contribution in [0.3, 0.4) is 0 Å². The average Bonchev–Trinajstić information content (AvgIpc) is 2.88. The fraction of sp³-hybridized carbons (Fsp3) is 0.500. The Labute approximate surface area is 143 Å². The summed E-state index contributed by atoms with van der Waals surface area (Å²) in [4.78, 5) is 19.7. The van der Waals surface area contributed by atoms with E-state index in [1.807, 2.05) is 19.9 Å². The number of aryl methyl sites for hydroxylation is 2. The first-order chi connectivity index (χ1) is 11.7. The minimum absolute atomic E-state index is 0.133. The third-order valence-corrected chi connectivity index (χ3v) is 4.20. The predicted octanol–water partition coefficient (Wildman–Crippen LogP) is 2.97. The van der Waals surface area contributed by atoms with Crippen LogP contribution in [0.4, 0.5) is 14.6 Å². The van der Waals surface area contributed by atoms with Crippen molar-refractivity contribution in [2.75, 3.05) is 5.32 Å². The first-order valence-corrected chi connectivity index (χ1v) is 8.04. The van der Waals surface area contributed by atoms with Crippen LogP contribution in [-0.4, -0.2) is 42.8 Å². The summed E-state index contributed by atoms with van der Waals surface area (Å²) >= 11 is 0. The Morgan fingerprint density at radius 2 is 1.96 bits per heavy atom. The summed E-state index contributed by atoms with van der Waals surface area (Å²) in [7, 11) is 0. The number of anilines is 1. The molecule has 0 bridgehead atoms. The van der Waals surface area contributed by atoms with Gasteiger partial charge in [-0.25, -0.2) is 23.2 Å². The number of halogens is 2. The number of carbonyl (C=O) groups is 1. The third kappa shape index (κ3) is 3.92. The zero-order valence-electron chi connectivity index (χ0n) is 14.0. The third-order valence-electron chi connectivity index (χ3n) is 4.20. The maximum atomic E-state index is 13.3. The molecule has 3 rings (SSSR count). The molecule has 1 saturated carbocycles. The van der Waals surface area contributed by atoms with E-state index < -0.39 is 11.9 Å². The molecule has 7 nitrogen and oxygen atoms in total. The van der Waals surface area contributed by atoms with Crippen molar-refractivity contribution in [2.45, 2.75) is 51.5 Å². The quantitative estimate of drug-likeness (QED) is 0.880. The van der Waals surface area contributed by atoms with E-state index in [0.29, 0.717) is 18.7 Å². The zero-order valence-corrected chi connectivity index (χ0v) is 14.0. The normalized spacial score (nSPS) is 17.4. The number of nitrogens with one attached hydrogen (secondary N) is 1. The Balaban J connectivity index is 1.89. The standard InChI is InChI=1S/C16H19F2N5O2/c1-9-7-10(2)23(22-9)15-20-12(14(24)25)8-13(21-15)19-11-3-5-16(17,18)6-4-11/h7-8,11H,3-6H2,1-2H3,(H,24,25)(H,19,20,21). The topological polar surface area (TPSA) is 92.9 Å². The smallest absolute Gasteiger partial charge is 0.354 e. The first-order valence-electron chi connectivity index (χ1n) is 8.04. The molecule has 2 N–H and O–H groups in total. The highest BCUT2D eigenvalue weighted by atomic mass is 19.3. The Morgan fingerprint density at radius 1 is 1.28 bits per heavy atom. The van der Waals surface area contributed by atoms with Gasteiger partial charge in [0.1, 0.15) is 5.82 Å². The van der Waals surface area contributed by atoms with Crippen molar-refractivity contribution in [1.29, 1.82) is 0 Å². The van der Waals surface area contributed by atoms with Crippen molar-refractivity contribution in [3.8, 4) is 5.95 Å². The van der Waals surface area contributed by atoms with Crippen molar-refractivity contribution in [3.63, 3.8) is 0 Å². The summed E-state index contributed by atoms with van der Waals surface area (Å²) in [5.74, 6) is -3.38. The summed E-state index contributed by atoms with van der Waals surface area (Å²) in [6, 6.07) is 2.96. The Hall–Kier alpha value is -2.58. The van der Waals surface area contributed by atoms with Gasteiger partial charge in [0, 0.05) is 30.6 Å². The van der Waals surface area contributed by atoms with Crippen LogP contribution in [0.1, 0.15) is 47.6 Å². The molecule has 25 heavy (non-hydrogen) atoms. The number of rotatable bonds is 4. The number of hydrogen-bond donors (Lipinski definition) is 2. The van der Waals surface area contributed by atoms with Crippen LogP contribution in [0.25, 0.3) is 5.95 Å². The minimum atomic E-state index is -2.62. The maximum absolute atomic E-state index is 13.3. The molecule has 1 fully saturated rings. The largest absolute Gasteiger partial charge is 0.477 e. The summed E-state index contributed by atoms with van der Waals surface area (Å²) in [6.07, 6.45) is 0.223. The molecule has 0 atom stereocenters. The molecule has 0 aromatic carbocycles. The molecule has 134 valence electrons. The van der Waals surface area contributed by atoms with E-state index in [9.17, 15) is 18.7 Å². The van der Waals surface area contributed by atoms with E-state index in [0.717, 1.165) is 11.4 Å². The Kier molecular flexibility index (Phi) is 4.40. The monoisotopic (exact) mass is 351 g/mol. The molecule has 0 spiro atoms. The van der Waals surface area contributed by atoms with Gasteiger partial charge in [0.05, 0.1) is 5.69 Å². The van der Waals surface area contributed by atoms with Crippen molar-refractivity contribution in [2.24, 2.45) is 0 Å². The molecule has 2 heterocycles. The lowest BCUT2D eigenvalue weighted by molar-refractivity contribution is -0.0361. The van der Waals surface area contributed by atoms with Gasteiger partial charge >= 0.3 is 5.97 Å². The number of aromatic carboxylic acids is 1. The number of hydrogen-bond acceptors (Lipinski definition) is 5. The highest BCUT2D eigenvalue weighted by Crippen LogP contribution is 2.34. The fourth-order valence-electron chi connectivity index (χ4n) is 2.94. The molecule has 0 radical (unpaired) electrons. The molecule has 2 aromatic heterocycles. The van der Waals surface area contributed by atoms with E-state index in [1.54, 1.807) is 0 Å². The van der Waals surface area contributed by atoms with Gasteiger partial charge in [0.2, 0.25) is 5.92 Å². The lowest BCUT2D eigenvalue weighted by Gasteiger charge is -2.29. The molecule has 0 amide bonds. The number of carboxylic acid groups (broad SMARTS) is 1. The summed E-state index contributed by atoms with van der Waals surface area (Å²) < 4.78 is 28.0. The zero-order chi connectivity index (χ0) is 18.2. The second-order valence-electron chi connectivity index (χ2n) is 6.36. The Bertz CT molecular complexity index is 796. The van der Waals surface area contributed by atoms with Crippen LogP contribution in [0.5, 0.6) is 0 Å². The second-order valence-corrected chi connectivity index (χ2v) is 6.36. The fourth-order valence-corrected chi connectivity index (χ4v) is 2.94. The Morgan fingerprint density at radius 3 is 2.52 bits per heavy atom. The SMILES string of the molecule is Cc1cc(C)n(-c2nc(NC3CCC(F)(F)CC3)cc(C(=O)O)n2)n1. The van der Waals surface area contributed by atoms with Crippen LogP contribution in [0.15, 0.2) is 12.1 Å².